The molecule has 0 aliphatic carbocycles. The maximum Gasteiger partial charge on any atom is 0.208 e. The number of rotatable bonds is 8. The first kappa shape index (κ1) is 32.6. The molecular formula is C28H46N6O4S2. The molecule has 3 aliphatic rings. The van der Waals surface area contributed by atoms with E-state index >= 15 is 0 Å². The van der Waals surface area contributed by atoms with Crippen molar-refractivity contribution in [3.05, 3.63) is 71.8 Å². The summed E-state index contributed by atoms with van der Waals surface area (Å²) in [5, 5.41) is 3.07. The number of nitrogens with one attached hydrogen (secondary N) is 3. The van der Waals surface area contributed by atoms with Crippen molar-refractivity contribution in [2.24, 2.45) is 5.73 Å². The first-order valence-corrected chi connectivity index (χ1v) is 17.7. The lowest BCUT2D eigenvalue weighted by molar-refractivity contribution is 0.324. The molecule has 224 valence electrons. The van der Waals surface area contributed by atoms with Gasteiger partial charge in [0.25, 0.3) is 0 Å². The zero-order valence-corrected chi connectivity index (χ0v) is 25.3. The number of hydrogen-bond donors (Lipinski definition) is 4. The molecule has 2 aromatic carbocycles. The first-order valence-electron chi connectivity index (χ1n) is 13.9. The predicted molar refractivity (Wildman–Crippen MR) is 162 cm³/mol. The molecule has 3 heterocycles. The molecule has 5 rings (SSSR count). The van der Waals surface area contributed by atoms with E-state index in [9.17, 15) is 16.8 Å². The van der Waals surface area contributed by atoms with E-state index in [2.05, 4.69) is 67.0 Å². The Kier molecular flexibility index (Phi) is 13.0. The number of benzene rings is 2. The molecule has 2 aromatic rings. The van der Waals surface area contributed by atoms with Crippen LogP contribution in [0.5, 0.6) is 0 Å². The largest absolute Gasteiger partial charge is 0.326 e. The van der Waals surface area contributed by atoms with E-state index in [1.807, 2.05) is 18.2 Å². The summed E-state index contributed by atoms with van der Waals surface area (Å²) in [5.41, 5.74) is 8.49. The number of nitrogens with zero attached hydrogens (tertiary/aromatic N) is 2. The van der Waals surface area contributed by atoms with Gasteiger partial charge in [-0.2, -0.15) is 0 Å². The Morgan fingerprint density at radius 1 is 0.750 bits per heavy atom. The smallest absolute Gasteiger partial charge is 0.208 e. The van der Waals surface area contributed by atoms with Crippen LogP contribution in [-0.2, 0) is 33.1 Å². The molecule has 0 unspecified atom stereocenters. The molecule has 10 nitrogen and oxygen atoms in total. The molecule has 3 atom stereocenters. The van der Waals surface area contributed by atoms with Crippen molar-refractivity contribution < 1.29 is 16.8 Å². The summed E-state index contributed by atoms with van der Waals surface area (Å²) in [6, 6.07) is 21.4. The van der Waals surface area contributed by atoms with Gasteiger partial charge in [0.2, 0.25) is 20.0 Å². The molecule has 0 aromatic heterocycles. The van der Waals surface area contributed by atoms with Gasteiger partial charge < -0.3 is 11.1 Å². The molecule has 40 heavy (non-hydrogen) atoms. The second-order valence-corrected chi connectivity index (χ2v) is 14.5. The molecule has 3 fully saturated rings. The van der Waals surface area contributed by atoms with Gasteiger partial charge in [-0.15, -0.1) is 0 Å². The summed E-state index contributed by atoms with van der Waals surface area (Å²) >= 11 is 0. The molecule has 5 N–H and O–H groups in total. The van der Waals surface area contributed by atoms with Gasteiger partial charge in [-0.05, 0) is 36.9 Å². The highest BCUT2D eigenvalue weighted by atomic mass is 32.2. The summed E-state index contributed by atoms with van der Waals surface area (Å²) in [4.78, 5) is 4.69. The number of sulfonamides is 2. The highest BCUT2D eigenvalue weighted by Gasteiger charge is 2.24. The Bertz CT molecular complexity index is 1210. The van der Waals surface area contributed by atoms with Crippen LogP contribution in [-0.4, -0.2) is 96.5 Å². The second-order valence-electron chi connectivity index (χ2n) is 10.9. The van der Waals surface area contributed by atoms with E-state index in [0.717, 1.165) is 71.6 Å². The standard InChI is InChI=1S/C12H18N2O2S.C11H16N2.C5H12N2O2S/c1-17(15,16)13-12-7-8-14(10-12)9-11-5-3-2-4-6-11;12-11-6-7-13(9-11)8-10-4-2-1-3-5-10;1-10(8,9)7-5-2-3-6-4-5/h2-6,12-13H,7-10H2,1H3;1-5,11H,6-9,12H2;5-7H,2-4H2,1H3/t12-;11-;5-/m000/s1. The highest BCUT2D eigenvalue weighted by molar-refractivity contribution is 7.89. The zero-order chi connectivity index (χ0) is 29.0. The third-order valence-corrected chi connectivity index (χ3v) is 8.42. The average Bonchev–Trinajstić information content (AvgIpc) is 3.63. The lowest BCUT2D eigenvalue weighted by Gasteiger charge is -2.16. The minimum atomic E-state index is -3.08. The van der Waals surface area contributed by atoms with E-state index < -0.39 is 20.0 Å². The van der Waals surface area contributed by atoms with Gasteiger partial charge in [-0.1, -0.05) is 60.7 Å². The molecule has 3 aliphatic heterocycles. The van der Waals surface area contributed by atoms with Gasteiger partial charge in [0.05, 0.1) is 12.5 Å². The summed E-state index contributed by atoms with van der Waals surface area (Å²) in [7, 11) is -6.08. The fraction of sp³-hybridized carbons (Fsp3) is 0.571. The minimum Gasteiger partial charge on any atom is -0.326 e. The van der Waals surface area contributed by atoms with E-state index in [1.54, 1.807) is 0 Å². The number of likely N-dealkylation sites (tertiary alicyclic amines) is 2. The van der Waals surface area contributed by atoms with E-state index in [0.29, 0.717) is 6.04 Å². The Balaban J connectivity index is 0.000000172. The van der Waals surface area contributed by atoms with Crippen LogP contribution in [0.3, 0.4) is 0 Å². The Morgan fingerprint density at radius 3 is 1.70 bits per heavy atom. The van der Waals surface area contributed by atoms with Crippen LogP contribution in [0.1, 0.15) is 30.4 Å². The molecule has 0 saturated carbocycles. The van der Waals surface area contributed by atoms with Crippen molar-refractivity contribution in [1.82, 2.24) is 24.6 Å². The van der Waals surface area contributed by atoms with E-state index in [-0.39, 0.29) is 12.1 Å². The fourth-order valence-electron chi connectivity index (χ4n) is 5.12. The van der Waals surface area contributed by atoms with Crippen molar-refractivity contribution in [2.75, 3.05) is 51.8 Å². The molecule has 0 radical (unpaired) electrons. The highest BCUT2D eigenvalue weighted by Crippen LogP contribution is 2.14. The molecule has 3 saturated heterocycles. The third kappa shape index (κ3) is 13.6. The molecular weight excluding hydrogens is 548 g/mol. The summed E-state index contributed by atoms with van der Waals surface area (Å²) < 4.78 is 48.7. The van der Waals surface area contributed by atoms with Crippen molar-refractivity contribution in [3.8, 4) is 0 Å². The Morgan fingerprint density at radius 2 is 1.25 bits per heavy atom. The predicted octanol–water partition coefficient (Wildman–Crippen LogP) is 0.927. The van der Waals surface area contributed by atoms with E-state index in [1.165, 1.54) is 23.6 Å². The van der Waals surface area contributed by atoms with E-state index in [4.69, 9.17) is 5.73 Å². The summed E-state index contributed by atoms with van der Waals surface area (Å²) in [6.07, 6.45) is 5.33. The van der Waals surface area contributed by atoms with Gasteiger partial charge in [-0.3, -0.25) is 9.80 Å². The molecule has 0 bridgehead atoms. The maximum absolute atomic E-state index is 11.1. The molecule has 0 spiro atoms. The molecule has 0 amide bonds. The van der Waals surface area contributed by atoms with Crippen LogP contribution >= 0.6 is 0 Å². The van der Waals surface area contributed by atoms with Gasteiger partial charge in [0, 0.05) is 63.9 Å². The van der Waals surface area contributed by atoms with Crippen LogP contribution in [0, 0.1) is 0 Å². The van der Waals surface area contributed by atoms with Gasteiger partial charge >= 0.3 is 0 Å². The molecule has 12 heteroatoms. The van der Waals surface area contributed by atoms with Crippen molar-refractivity contribution >= 4 is 20.0 Å². The average molecular weight is 595 g/mol. The third-order valence-electron chi connectivity index (χ3n) is 6.90. The number of nitrogens with two attached hydrogens (primary N) is 1. The monoisotopic (exact) mass is 594 g/mol. The summed E-state index contributed by atoms with van der Waals surface area (Å²) in [6.45, 7) is 7.55. The van der Waals surface area contributed by atoms with Crippen LogP contribution < -0.4 is 20.5 Å². The fourth-order valence-corrected chi connectivity index (χ4v) is 6.73. The van der Waals surface area contributed by atoms with Gasteiger partial charge in [-0.25, -0.2) is 26.3 Å². The minimum absolute atomic E-state index is 0.0636. The quantitative estimate of drug-likeness (QED) is 0.354. The lowest BCUT2D eigenvalue weighted by Crippen LogP contribution is -2.36. The Hall–Kier alpha value is -1.90. The SMILES string of the molecule is CS(=O)(=O)N[C@H]1CCN(Cc2ccccc2)C1.CS(=O)(=O)N[C@H]1CCNC1.N[C@H]1CCN(Cc2ccccc2)C1. The van der Waals surface area contributed by atoms with Crippen LogP contribution in [0.25, 0.3) is 0 Å². The van der Waals surface area contributed by atoms with Crippen molar-refractivity contribution in [2.45, 2.75) is 50.5 Å². The van der Waals surface area contributed by atoms with Crippen LogP contribution in [0.15, 0.2) is 60.7 Å². The van der Waals surface area contributed by atoms with Crippen molar-refractivity contribution in [1.29, 1.82) is 0 Å². The van der Waals surface area contributed by atoms with Crippen LogP contribution in [0.4, 0.5) is 0 Å². The normalized spacial score (nSPS) is 23.7. The lowest BCUT2D eigenvalue weighted by atomic mass is 10.2. The maximum atomic E-state index is 11.1. The van der Waals surface area contributed by atoms with Gasteiger partial charge in [0.15, 0.2) is 0 Å². The zero-order valence-electron chi connectivity index (χ0n) is 23.7. The topological polar surface area (TPSA) is 137 Å². The second kappa shape index (κ2) is 15.9. The van der Waals surface area contributed by atoms with Crippen molar-refractivity contribution in [3.63, 3.8) is 0 Å². The Labute approximate surface area is 240 Å². The van der Waals surface area contributed by atoms with Gasteiger partial charge in [0.1, 0.15) is 0 Å². The number of hydrogen-bond acceptors (Lipinski definition) is 8. The first-order chi connectivity index (χ1) is 18.9. The summed E-state index contributed by atoms with van der Waals surface area (Å²) in [5.74, 6) is 0. The van der Waals surface area contributed by atoms with Crippen LogP contribution in [0.2, 0.25) is 0 Å².